The summed E-state index contributed by atoms with van der Waals surface area (Å²) in [5.41, 5.74) is 1.64. The molecule has 1 heterocycles. The lowest BCUT2D eigenvalue weighted by molar-refractivity contribution is -0.0448. The molecule has 1 aromatic rings. The average molecular weight is 249 g/mol. The van der Waals surface area contributed by atoms with Gasteiger partial charge in [-0.05, 0) is 26.3 Å². The number of hydrogen-bond donors (Lipinski definition) is 0. The molecular weight excluding hydrogens is 230 g/mol. The lowest BCUT2D eigenvalue weighted by Gasteiger charge is -2.27. The highest BCUT2D eigenvalue weighted by atomic mass is 16.6. The third-order valence-corrected chi connectivity index (χ3v) is 2.80. The Kier molecular flexibility index (Phi) is 3.30. The number of hydrogen-bond acceptors (Lipinski definition) is 3. The standard InChI is InChI=1S/C14H19NO3/c1-14(2,3)18-13(16)15-9-10-7-5-6-8-11(10)12(15)17-4/h5-8,12H,9H2,1-4H3. The predicted octanol–water partition coefficient (Wildman–Crippen LogP) is 3.08. The first kappa shape index (κ1) is 12.9. The molecule has 4 nitrogen and oxygen atoms in total. The number of benzene rings is 1. The van der Waals surface area contributed by atoms with Gasteiger partial charge in [0.05, 0.1) is 6.54 Å². The number of fused-ring (bicyclic) bond motifs is 1. The second kappa shape index (κ2) is 4.61. The van der Waals surface area contributed by atoms with Crippen LogP contribution in [0, 0.1) is 0 Å². The first-order valence-electron chi connectivity index (χ1n) is 6.02. The third kappa shape index (κ3) is 2.48. The summed E-state index contributed by atoms with van der Waals surface area (Å²) in [5.74, 6) is 0. The Morgan fingerprint density at radius 1 is 1.33 bits per heavy atom. The minimum atomic E-state index is -0.496. The molecule has 1 atom stereocenters. The molecule has 2 rings (SSSR count). The van der Waals surface area contributed by atoms with Gasteiger partial charge in [0, 0.05) is 12.7 Å². The van der Waals surface area contributed by atoms with E-state index in [-0.39, 0.29) is 12.3 Å². The number of methoxy groups -OCH3 is 1. The Hall–Kier alpha value is -1.55. The minimum Gasteiger partial charge on any atom is -0.444 e. The van der Waals surface area contributed by atoms with Gasteiger partial charge in [0.25, 0.3) is 0 Å². The Balaban J connectivity index is 2.20. The highest BCUT2D eigenvalue weighted by molar-refractivity contribution is 5.70. The first-order valence-corrected chi connectivity index (χ1v) is 6.02. The molecular formula is C14H19NO3. The molecule has 98 valence electrons. The zero-order chi connectivity index (χ0) is 13.3. The Morgan fingerprint density at radius 2 is 2.00 bits per heavy atom. The monoisotopic (exact) mass is 249 g/mol. The van der Waals surface area contributed by atoms with Crippen LogP contribution in [0.25, 0.3) is 0 Å². The van der Waals surface area contributed by atoms with E-state index in [4.69, 9.17) is 9.47 Å². The van der Waals surface area contributed by atoms with Gasteiger partial charge in [-0.25, -0.2) is 4.79 Å². The molecule has 0 spiro atoms. The maximum atomic E-state index is 12.1. The quantitative estimate of drug-likeness (QED) is 0.767. The van der Waals surface area contributed by atoms with Crippen molar-refractivity contribution in [3.63, 3.8) is 0 Å². The largest absolute Gasteiger partial charge is 0.444 e. The van der Waals surface area contributed by atoms with E-state index < -0.39 is 5.60 Å². The van der Waals surface area contributed by atoms with E-state index in [9.17, 15) is 4.79 Å². The second-order valence-corrected chi connectivity index (χ2v) is 5.40. The van der Waals surface area contributed by atoms with Gasteiger partial charge in [0.1, 0.15) is 5.60 Å². The number of amides is 1. The van der Waals surface area contributed by atoms with Crippen LogP contribution in [0.1, 0.15) is 38.1 Å². The summed E-state index contributed by atoms with van der Waals surface area (Å²) < 4.78 is 10.8. The van der Waals surface area contributed by atoms with Crippen LogP contribution in [0.15, 0.2) is 24.3 Å². The van der Waals surface area contributed by atoms with Crippen molar-refractivity contribution in [1.82, 2.24) is 4.90 Å². The van der Waals surface area contributed by atoms with Gasteiger partial charge in [0.2, 0.25) is 0 Å². The van der Waals surface area contributed by atoms with Crippen LogP contribution in [0.4, 0.5) is 4.79 Å². The van der Waals surface area contributed by atoms with Crippen molar-refractivity contribution < 1.29 is 14.3 Å². The average Bonchev–Trinajstić information content (AvgIpc) is 2.65. The third-order valence-electron chi connectivity index (χ3n) is 2.80. The molecule has 0 saturated carbocycles. The van der Waals surface area contributed by atoms with Crippen molar-refractivity contribution in [1.29, 1.82) is 0 Å². The number of carbonyl (C=O) groups excluding carboxylic acids is 1. The van der Waals surface area contributed by atoms with Crippen LogP contribution in [0.5, 0.6) is 0 Å². The normalized spacial score (nSPS) is 18.7. The lowest BCUT2D eigenvalue weighted by Crippen LogP contribution is -2.36. The Morgan fingerprint density at radius 3 is 2.61 bits per heavy atom. The predicted molar refractivity (Wildman–Crippen MR) is 68.0 cm³/mol. The van der Waals surface area contributed by atoms with E-state index in [1.807, 2.05) is 45.0 Å². The van der Waals surface area contributed by atoms with Gasteiger partial charge >= 0.3 is 6.09 Å². The van der Waals surface area contributed by atoms with E-state index in [1.165, 1.54) is 0 Å². The summed E-state index contributed by atoms with van der Waals surface area (Å²) in [4.78, 5) is 13.7. The Labute approximate surface area is 107 Å². The zero-order valence-electron chi connectivity index (χ0n) is 11.3. The van der Waals surface area contributed by atoms with Gasteiger partial charge < -0.3 is 9.47 Å². The van der Waals surface area contributed by atoms with Crippen molar-refractivity contribution in [2.45, 2.75) is 39.1 Å². The molecule has 0 N–H and O–H groups in total. The van der Waals surface area contributed by atoms with Crippen LogP contribution in [0.2, 0.25) is 0 Å². The van der Waals surface area contributed by atoms with E-state index in [0.29, 0.717) is 6.54 Å². The van der Waals surface area contributed by atoms with Crippen LogP contribution in [-0.4, -0.2) is 23.7 Å². The molecule has 0 bridgehead atoms. The van der Waals surface area contributed by atoms with Gasteiger partial charge in [-0.2, -0.15) is 0 Å². The summed E-state index contributed by atoms with van der Waals surface area (Å²) in [6.45, 7) is 6.10. The molecule has 1 unspecified atom stereocenters. The lowest BCUT2D eigenvalue weighted by atomic mass is 10.1. The molecule has 1 aliphatic rings. The van der Waals surface area contributed by atoms with E-state index in [0.717, 1.165) is 11.1 Å². The van der Waals surface area contributed by atoms with Crippen molar-refractivity contribution in [2.24, 2.45) is 0 Å². The van der Waals surface area contributed by atoms with Crippen LogP contribution >= 0.6 is 0 Å². The van der Waals surface area contributed by atoms with Crippen molar-refractivity contribution in [3.8, 4) is 0 Å². The van der Waals surface area contributed by atoms with Gasteiger partial charge in [-0.3, -0.25) is 4.90 Å². The molecule has 0 aromatic heterocycles. The second-order valence-electron chi connectivity index (χ2n) is 5.40. The van der Waals surface area contributed by atoms with E-state index in [2.05, 4.69) is 0 Å². The number of carbonyl (C=O) groups is 1. The number of nitrogens with zero attached hydrogens (tertiary/aromatic N) is 1. The highest BCUT2D eigenvalue weighted by Gasteiger charge is 2.35. The molecule has 0 radical (unpaired) electrons. The minimum absolute atomic E-state index is 0.342. The molecule has 1 aromatic carbocycles. The molecule has 18 heavy (non-hydrogen) atoms. The summed E-state index contributed by atoms with van der Waals surface area (Å²) in [5, 5.41) is 0. The molecule has 4 heteroatoms. The molecule has 1 amide bonds. The smallest absolute Gasteiger partial charge is 0.412 e. The van der Waals surface area contributed by atoms with Crippen molar-refractivity contribution in [3.05, 3.63) is 35.4 Å². The maximum absolute atomic E-state index is 12.1. The maximum Gasteiger partial charge on any atom is 0.412 e. The fourth-order valence-corrected chi connectivity index (χ4v) is 2.09. The number of rotatable bonds is 1. The molecule has 0 aliphatic carbocycles. The summed E-state index contributed by atoms with van der Waals surface area (Å²) >= 11 is 0. The topological polar surface area (TPSA) is 38.8 Å². The van der Waals surface area contributed by atoms with Crippen LogP contribution in [0.3, 0.4) is 0 Å². The highest BCUT2D eigenvalue weighted by Crippen LogP contribution is 2.34. The zero-order valence-corrected chi connectivity index (χ0v) is 11.3. The van der Waals surface area contributed by atoms with Crippen LogP contribution < -0.4 is 0 Å². The summed E-state index contributed by atoms with van der Waals surface area (Å²) in [6, 6.07) is 7.90. The van der Waals surface area contributed by atoms with Crippen molar-refractivity contribution >= 4 is 6.09 Å². The van der Waals surface area contributed by atoms with Gasteiger partial charge in [-0.1, -0.05) is 24.3 Å². The summed E-state index contributed by atoms with van der Waals surface area (Å²) in [7, 11) is 1.60. The molecule has 1 aliphatic heterocycles. The van der Waals surface area contributed by atoms with E-state index in [1.54, 1.807) is 12.0 Å². The molecule has 0 saturated heterocycles. The van der Waals surface area contributed by atoms with Gasteiger partial charge in [-0.15, -0.1) is 0 Å². The fourth-order valence-electron chi connectivity index (χ4n) is 2.09. The number of ether oxygens (including phenoxy) is 2. The SMILES string of the molecule is COC1c2ccccc2CN1C(=O)OC(C)(C)C. The van der Waals surface area contributed by atoms with Crippen LogP contribution in [-0.2, 0) is 16.0 Å². The molecule has 0 fully saturated rings. The Bertz CT molecular complexity index is 451. The van der Waals surface area contributed by atoms with E-state index >= 15 is 0 Å². The first-order chi connectivity index (χ1) is 8.42. The summed E-state index contributed by atoms with van der Waals surface area (Å²) in [6.07, 6.45) is -0.693. The van der Waals surface area contributed by atoms with Crippen molar-refractivity contribution in [2.75, 3.05) is 7.11 Å². The van der Waals surface area contributed by atoms with Gasteiger partial charge in [0.15, 0.2) is 6.23 Å². The fraction of sp³-hybridized carbons (Fsp3) is 0.500.